The van der Waals surface area contributed by atoms with E-state index < -0.39 is 0 Å². The average Bonchev–Trinajstić information content (AvgIpc) is 2.96. The molecule has 7 heteroatoms. The van der Waals surface area contributed by atoms with Gasteiger partial charge in [-0.15, -0.1) is 10.2 Å². The monoisotopic (exact) mass is 278 g/mol. The van der Waals surface area contributed by atoms with Crippen molar-refractivity contribution in [3.05, 3.63) is 28.9 Å². The summed E-state index contributed by atoms with van der Waals surface area (Å²) in [4.78, 5) is 15.7. The lowest BCUT2D eigenvalue weighted by molar-refractivity contribution is -0.111. The van der Waals surface area contributed by atoms with E-state index in [9.17, 15) is 4.79 Å². The first-order valence-corrected chi connectivity index (χ1v) is 6.61. The summed E-state index contributed by atoms with van der Waals surface area (Å²) in [5, 5.41) is 11.9. The number of anilines is 1. The number of aryl methyl sites for hydroxylation is 1. The SMILES string of the molecule is Cc1coc(C=CC(=O)Nc2nnc(C(C)C)s2)n1. The second kappa shape index (κ2) is 5.75. The number of carbonyl (C=O) groups excluding carboxylic acids is 1. The molecule has 2 heterocycles. The second-order valence-corrected chi connectivity index (χ2v) is 5.26. The van der Waals surface area contributed by atoms with E-state index >= 15 is 0 Å². The number of aromatic nitrogens is 3. The van der Waals surface area contributed by atoms with Crippen LogP contribution in [0, 0.1) is 6.92 Å². The molecule has 0 unspecified atom stereocenters. The van der Waals surface area contributed by atoms with Crippen molar-refractivity contribution in [2.45, 2.75) is 26.7 Å². The first-order chi connectivity index (χ1) is 9.04. The molecule has 2 aromatic rings. The molecule has 2 rings (SSSR count). The molecule has 0 aromatic carbocycles. The zero-order valence-electron chi connectivity index (χ0n) is 10.9. The van der Waals surface area contributed by atoms with E-state index in [1.807, 2.05) is 20.8 Å². The molecule has 2 aromatic heterocycles. The molecule has 0 aliphatic rings. The lowest BCUT2D eigenvalue weighted by Crippen LogP contribution is -2.07. The molecule has 1 N–H and O–H groups in total. The predicted molar refractivity (Wildman–Crippen MR) is 72.9 cm³/mol. The van der Waals surface area contributed by atoms with Gasteiger partial charge in [0.2, 0.25) is 16.9 Å². The molecule has 0 saturated heterocycles. The van der Waals surface area contributed by atoms with Gasteiger partial charge in [0, 0.05) is 18.1 Å². The number of nitrogens with one attached hydrogen (secondary N) is 1. The third-order valence-electron chi connectivity index (χ3n) is 2.18. The lowest BCUT2D eigenvalue weighted by Gasteiger charge is -1.95. The maximum Gasteiger partial charge on any atom is 0.250 e. The average molecular weight is 278 g/mol. The van der Waals surface area contributed by atoms with Gasteiger partial charge in [-0.05, 0) is 6.92 Å². The van der Waals surface area contributed by atoms with E-state index in [1.165, 1.54) is 29.8 Å². The van der Waals surface area contributed by atoms with Gasteiger partial charge >= 0.3 is 0 Å². The molecular weight excluding hydrogens is 264 g/mol. The first-order valence-electron chi connectivity index (χ1n) is 5.79. The summed E-state index contributed by atoms with van der Waals surface area (Å²) in [7, 11) is 0. The smallest absolute Gasteiger partial charge is 0.250 e. The summed E-state index contributed by atoms with van der Waals surface area (Å²) in [6, 6.07) is 0. The predicted octanol–water partition coefficient (Wildman–Crippen LogP) is 2.61. The number of oxazole rings is 1. The van der Waals surface area contributed by atoms with Crippen molar-refractivity contribution in [1.29, 1.82) is 0 Å². The van der Waals surface area contributed by atoms with Crippen LogP contribution in [-0.2, 0) is 4.79 Å². The Morgan fingerprint density at radius 3 is 2.84 bits per heavy atom. The molecule has 6 nitrogen and oxygen atoms in total. The highest BCUT2D eigenvalue weighted by Crippen LogP contribution is 2.22. The van der Waals surface area contributed by atoms with Crippen LogP contribution < -0.4 is 5.32 Å². The first kappa shape index (κ1) is 13.4. The fraction of sp³-hybridized carbons (Fsp3) is 0.333. The number of amides is 1. The molecule has 1 amide bonds. The van der Waals surface area contributed by atoms with E-state index in [-0.39, 0.29) is 5.91 Å². The number of carbonyl (C=O) groups is 1. The summed E-state index contributed by atoms with van der Waals surface area (Å²) in [5.41, 5.74) is 0.769. The summed E-state index contributed by atoms with van der Waals surface area (Å²) in [6.07, 6.45) is 4.38. The largest absolute Gasteiger partial charge is 0.445 e. The highest BCUT2D eigenvalue weighted by Gasteiger charge is 2.09. The molecule has 0 fully saturated rings. The van der Waals surface area contributed by atoms with Crippen LogP contribution in [0.4, 0.5) is 5.13 Å². The fourth-order valence-electron chi connectivity index (χ4n) is 1.26. The van der Waals surface area contributed by atoms with E-state index in [4.69, 9.17) is 4.42 Å². The Hall–Kier alpha value is -2.02. The van der Waals surface area contributed by atoms with Crippen LogP contribution in [0.5, 0.6) is 0 Å². The quantitative estimate of drug-likeness (QED) is 0.869. The molecule has 0 bridgehead atoms. The Balaban J connectivity index is 1.95. The Labute approximate surface area is 114 Å². The van der Waals surface area contributed by atoms with Crippen LogP contribution in [0.15, 0.2) is 16.8 Å². The molecule has 0 atom stereocenters. The zero-order valence-corrected chi connectivity index (χ0v) is 11.7. The van der Waals surface area contributed by atoms with Crippen LogP contribution >= 0.6 is 11.3 Å². The summed E-state index contributed by atoms with van der Waals surface area (Å²) in [6.45, 7) is 5.86. The van der Waals surface area contributed by atoms with Crippen LogP contribution in [0.25, 0.3) is 6.08 Å². The Morgan fingerprint density at radius 2 is 2.26 bits per heavy atom. The van der Waals surface area contributed by atoms with Gasteiger partial charge in [0.1, 0.15) is 11.3 Å². The van der Waals surface area contributed by atoms with Crippen LogP contribution in [0.1, 0.15) is 36.4 Å². The third-order valence-corrected chi connectivity index (χ3v) is 3.32. The molecule has 0 spiro atoms. The summed E-state index contributed by atoms with van der Waals surface area (Å²) < 4.78 is 5.10. The Morgan fingerprint density at radius 1 is 1.47 bits per heavy atom. The van der Waals surface area contributed by atoms with E-state index in [1.54, 1.807) is 0 Å². The Kier molecular flexibility index (Phi) is 4.06. The standard InChI is InChI=1S/C12H14N4O2S/c1-7(2)11-15-16-12(19-11)14-9(17)4-5-10-13-8(3)6-18-10/h4-7H,1-3H3,(H,14,16,17). The van der Waals surface area contributed by atoms with E-state index in [2.05, 4.69) is 20.5 Å². The summed E-state index contributed by atoms with van der Waals surface area (Å²) >= 11 is 1.37. The molecule has 0 radical (unpaired) electrons. The fourth-order valence-corrected chi connectivity index (χ4v) is 2.01. The number of hydrogen-bond donors (Lipinski definition) is 1. The molecule has 0 saturated carbocycles. The van der Waals surface area contributed by atoms with Crippen molar-refractivity contribution in [3.8, 4) is 0 Å². The second-order valence-electron chi connectivity index (χ2n) is 4.25. The van der Waals surface area contributed by atoms with Crippen molar-refractivity contribution in [3.63, 3.8) is 0 Å². The molecule has 0 aliphatic carbocycles. The van der Waals surface area contributed by atoms with Gasteiger partial charge in [-0.1, -0.05) is 25.2 Å². The molecule has 19 heavy (non-hydrogen) atoms. The number of nitrogens with zero attached hydrogens (tertiary/aromatic N) is 3. The number of rotatable bonds is 4. The van der Waals surface area contributed by atoms with E-state index in [0.717, 1.165) is 10.7 Å². The van der Waals surface area contributed by atoms with Gasteiger partial charge in [0.15, 0.2) is 0 Å². The lowest BCUT2D eigenvalue weighted by atomic mass is 10.2. The van der Waals surface area contributed by atoms with Crippen molar-refractivity contribution in [2.75, 3.05) is 5.32 Å². The van der Waals surface area contributed by atoms with Crippen LogP contribution in [0.3, 0.4) is 0 Å². The van der Waals surface area contributed by atoms with Gasteiger partial charge in [-0.2, -0.15) is 0 Å². The van der Waals surface area contributed by atoms with Crippen molar-refractivity contribution in [1.82, 2.24) is 15.2 Å². The van der Waals surface area contributed by atoms with Crippen molar-refractivity contribution >= 4 is 28.5 Å². The van der Waals surface area contributed by atoms with Gasteiger partial charge in [-0.25, -0.2) is 4.98 Å². The van der Waals surface area contributed by atoms with Gasteiger partial charge < -0.3 is 4.42 Å². The van der Waals surface area contributed by atoms with Gasteiger partial charge in [-0.3, -0.25) is 10.1 Å². The summed E-state index contributed by atoms with van der Waals surface area (Å²) in [5.74, 6) is 0.407. The van der Waals surface area contributed by atoms with Crippen molar-refractivity contribution in [2.24, 2.45) is 0 Å². The van der Waals surface area contributed by atoms with E-state index in [0.29, 0.717) is 16.9 Å². The highest BCUT2D eigenvalue weighted by molar-refractivity contribution is 7.15. The minimum absolute atomic E-state index is 0.290. The van der Waals surface area contributed by atoms with Gasteiger partial charge in [0.05, 0.1) is 5.69 Å². The molecule has 100 valence electrons. The molecular formula is C12H14N4O2S. The Bertz CT molecular complexity index is 600. The van der Waals surface area contributed by atoms with Crippen molar-refractivity contribution < 1.29 is 9.21 Å². The highest BCUT2D eigenvalue weighted by atomic mass is 32.1. The zero-order chi connectivity index (χ0) is 13.8. The maximum absolute atomic E-state index is 11.6. The third kappa shape index (κ3) is 3.72. The van der Waals surface area contributed by atoms with Crippen LogP contribution in [-0.4, -0.2) is 21.1 Å². The van der Waals surface area contributed by atoms with Crippen LogP contribution in [0.2, 0.25) is 0 Å². The normalized spacial score (nSPS) is 11.4. The number of hydrogen-bond acceptors (Lipinski definition) is 6. The molecule has 0 aliphatic heterocycles. The minimum Gasteiger partial charge on any atom is -0.445 e. The van der Waals surface area contributed by atoms with Gasteiger partial charge in [0.25, 0.3) is 0 Å². The topological polar surface area (TPSA) is 80.9 Å². The minimum atomic E-state index is -0.290. The maximum atomic E-state index is 11.6.